The highest BCUT2D eigenvalue weighted by Crippen LogP contribution is 2.18. The maximum absolute atomic E-state index is 11.7. The summed E-state index contributed by atoms with van der Waals surface area (Å²) in [4.78, 5) is 15.7. The Morgan fingerprint density at radius 1 is 1.32 bits per heavy atom. The molecule has 2 aromatic rings. The van der Waals surface area contributed by atoms with Crippen LogP contribution in [0.2, 0.25) is 0 Å². The molecule has 0 unspecified atom stereocenters. The van der Waals surface area contributed by atoms with Crippen LogP contribution < -0.4 is 10.1 Å². The number of carbonyl (C=O) groups is 1. The molecule has 118 valence electrons. The molecule has 1 heterocycles. The molecule has 0 aliphatic heterocycles. The smallest absolute Gasteiger partial charge is 0.257 e. The number of rotatable bonds is 7. The average Bonchev–Trinajstić information content (AvgIpc) is 2.91. The molecule has 0 atom stereocenters. The van der Waals surface area contributed by atoms with Crippen LogP contribution in [-0.2, 0) is 11.2 Å². The highest BCUT2D eigenvalue weighted by molar-refractivity contribution is 5.77. The van der Waals surface area contributed by atoms with E-state index in [1.165, 1.54) is 5.56 Å². The number of aryl methyl sites for hydroxylation is 1. The van der Waals surface area contributed by atoms with Crippen molar-refractivity contribution < 1.29 is 14.1 Å². The zero-order valence-corrected chi connectivity index (χ0v) is 13.1. The first-order valence-corrected chi connectivity index (χ1v) is 7.33. The monoisotopic (exact) mass is 303 g/mol. The summed E-state index contributed by atoms with van der Waals surface area (Å²) < 4.78 is 10.4. The minimum Gasteiger partial charge on any atom is -0.484 e. The fourth-order valence-corrected chi connectivity index (χ4v) is 1.90. The van der Waals surface area contributed by atoms with Crippen LogP contribution in [0.1, 0.15) is 37.0 Å². The third kappa shape index (κ3) is 4.87. The molecule has 22 heavy (non-hydrogen) atoms. The predicted molar refractivity (Wildman–Crippen MR) is 81.8 cm³/mol. The van der Waals surface area contributed by atoms with Crippen LogP contribution in [-0.4, -0.2) is 29.2 Å². The van der Waals surface area contributed by atoms with Crippen LogP contribution in [0.3, 0.4) is 0 Å². The Morgan fingerprint density at radius 3 is 2.64 bits per heavy atom. The van der Waals surface area contributed by atoms with E-state index in [4.69, 9.17) is 9.26 Å². The summed E-state index contributed by atoms with van der Waals surface area (Å²) in [7, 11) is 0. The summed E-state index contributed by atoms with van der Waals surface area (Å²) in [6.07, 6.45) is 0.510. The quantitative estimate of drug-likeness (QED) is 0.848. The second-order valence-electron chi connectivity index (χ2n) is 5.35. The van der Waals surface area contributed by atoms with Gasteiger partial charge in [-0.3, -0.25) is 4.79 Å². The first-order valence-electron chi connectivity index (χ1n) is 7.33. The molecule has 2 rings (SSSR count). The average molecular weight is 303 g/mol. The molecule has 0 aliphatic rings. The van der Waals surface area contributed by atoms with Crippen LogP contribution in [0, 0.1) is 6.92 Å². The molecule has 0 saturated heterocycles. The van der Waals surface area contributed by atoms with E-state index in [0.29, 0.717) is 36.3 Å². The fraction of sp³-hybridized carbons (Fsp3) is 0.438. The van der Waals surface area contributed by atoms with E-state index >= 15 is 0 Å². The van der Waals surface area contributed by atoms with Crippen molar-refractivity contribution in [3.8, 4) is 5.75 Å². The Bertz CT molecular complexity index is 605. The molecule has 1 aromatic heterocycles. The topological polar surface area (TPSA) is 77.2 Å². The summed E-state index contributed by atoms with van der Waals surface area (Å²) in [5.74, 6) is 2.10. The molecule has 0 fully saturated rings. The van der Waals surface area contributed by atoms with Gasteiger partial charge >= 0.3 is 0 Å². The van der Waals surface area contributed by atoms with E-state index in [1.807, 2.05) is 24.3 Å². The highest BCUT2D eigenvalue weighted by atomic mass is 16.5. The number of nitrogens with one attached hydrogen (secondary N) is 1. The second-order valence-corrected chi connectivity index (χ2v) is 5.35. The van der Waals surface area contributed by atoms with Gasteiger partial charge in [0.05, 0.1) is 0 Å². The lowest BCUT2D eigenvalue weighted by Crippen LogP contribution is -2.30. The summed E-state index contributed by atoms with van der Waals surface area (Å²) in [6, 6.07) is 7.78. The molecular weight excluding hydrogens is 282 g/mol. The number of hydrogen-bond acceptors (Lipinski definition) is 5. The third-order valence-corrected chi connectivity index (χ3v) is 3.15. The van der Waals surface area contributed by atoms with Crippen LogP contribution in [0.15, 0.2) is 28.8 Å². The number of hydrogen-bond donors (Lipinski definition) is 1. The van der Waals surface area contributed by atoms with Gasteiger partial charge in [-0.1, -0.05) is 31.1 Å². The zero-order chi connectivity index (χ0) is 15.9. The minimum absolute atomic E-state index is 0.0100. The highest BCUT2D eigenvalue weighted by Gasteiger charge is 2.06. The Balaban J connectivity index is 1.68. The van der Waals surface area contributed by atoms with Gasteiger partial charge in [0, 0.05) is 13.0 Å². The Labute approximate surface area is 129 Å². The maximum atomic E-state index is 11.7. The number of ether oxygens (including phenoxy) is 1. The summed E-state index contributed by atoms with van der Waals surface area (Å²) in [6.45, 7) is 6.45. The van der Waals surface area contributed by atoms with Gasteiger partial charge in [-0.2, -0.15) is 4.98 Å². The molecule has 1 amide bonds. The van der Waals surface area contributed by atoms with E-state index in [1.54, 1.807) is 6.92 Å². The normalized spacial score (nSPS) is 10.7. The lowest BCUT2D eigenvalue weighted by molar-refractivity contribution is -0.123. The van der Waals surface area contributed by atoms with Crippen molar-refractivity contribution in [1.29, 1.82) is 0 Å². The first-order chi connectivity index (χ1) is 10.5. The largest absolute Gasteiger partial charge is 0.484 e. The molecule has 1 N–H and O–H groups in total. The van der Waals surface area contributed by atoms with E-state index < -0.39 is 0 Å². The van der Waals surface area contributed by atoms with Crippen molar-refractivity contribution in [1.82, 2.24) is 15.5 Å². The first kappa shape index (κ1) is 16.0. The molecule has 6 nitrogen and oxygen atoms in total. The lowest BCUT2D eigenvalue weighted by atomic mass is 10.0. The van der Waals surface area contributed by atoms with E-state index in [9.17, 15) is 4.79 Å². The Morgan fingerprint density at radius 2 is 2.05 bits per heavy atom. The van der Waals surface area contributed by atoms with Crippen molar-refractivity contribution in [3.05, 3.63) is 41.5 Å². The van der Waals surface area contributed by atoms with E-state index in [-0.39, 0.29) is 12.5 Å². The van der Waals surface area contributed by atoms with Crippen LogP contribution in [0.5, 0.6) is 5.75 Å². The van der Waals surface area contributed by atoms with Crippen molar-refractivity contribution in [3.63, 3.8) is 0 Å². The maximum Gasteiger partial charge on any atom is 0.257 e. The van der Waals surface area contributed by atoms with Crippen molar-refractivity contribution in [2.45, 2.75) is 33.1 Å². The lowest BCUT2D eigenvalue weighted by Gasteiger charge is -2.09. The molecule has 0 spiro atoms. The Hall–Kier alpha value is -2.37. The van der Waals surface area contributed by atoms with Gasteiger partial charge in [-0.15, -0.1) is 0 Å². The minimum atomic E-state index is -0.177. The second kappa shape index (κ2) is 7.59. The van der Waals surface area contributed by atoms with Gasteiger partial charge in [-0.05, 0) is 30.5 Å². The summed E-state index contributed by atoms with van der Waals surface area (Å²) >= 11 is 0. The molecule has 1 aromatic carbocycles. The van der Waals surface area contributed by atoms with Gasteiger partial charge in [0.25, 0.3) is 5.91 Å². The molecule has 0 aliphatic carbocycles. The third-order valence-electron chi connectivity index (χ3n) is 3.15. The van der Waals surface area contributed by atoms with Gasteiger partial charge in [0.1, 0.15) is 5.75 Å². The number of benzene rings is 1. The molecular formula is C16H21N3O3. The van der Waals surface area contributed by atoms with Gasteiger partial charge in [0.2, 0.25) is 5.89 Å². The number of carbonyl (C=O) groups excluding carboxylic acids is 1. The van der Waals surface area contributed by atoms with Crippen molar-refractivity contribution in [2.75, 3.05) is 13.2 Å². The van der Waals surface area contributed by atoms with Crippen LogP contribution in [0.25, 0.3) is 0 Å². The van der Waals surface area contributed by atoms with Gasteiger partial charge < -0.3 is 14.6 Å². The van der Waals surface area contributed by atoms with Crippen LogP contribution in [0.4, 0.5) is 0 Å². The number of aromatic nitrogens is 2. The fourth-order valence-electron chi connectivity index (χ4n) is 1.90. The zero-order valence-electron chi connectivity index (χ0n) is 13.1. The van der Waals surface area contributed by atoms with E-state index in [0.717, 1.165) is 0 Å². The summed E-state index contributed by atoms with van der Waals surface area (Å²) in [5.41, 5.74) is 1.24. The number of nitrogens with zero attached hydrogens (tertiary/aromatic N) is 2. The molecule has 0 radical (unpaired) electrons. The molecule has 0 bridgehead atoms. The molecule has 0 saturated carbocycles. The predicted octanol–water partition coefficient (Wildman–Crippen LogP) is 2.24. The van der Waals surface area contributed by atoms with Crippen molar-refractivity contribution in [2.24, 2.45) is 0 Å². The van der Waals surface area contributed by atoms with Crippen molar-refractivity contribution >= 4 is 5.91 Å². The standard InChI is InChI=1S/C16H21N3O3/c1-11(2)13-4-6-14(7-5-13)21-10-15(20)17-9-8-16-18-12(3)19-22-16/h4-7,11H,8-10H2,1-3H3,(H,17,20). The summed E-state index contributed by atoms with van der Waals surface area (Å²) in [5, 5.41) is 6.43. The number of amides is 1. The van der Waals surface area contributed by atoms with Gasteiger partial charge in [-0.25, -0.2) is 0 Å². The SMILES string of the molecule is Cc1noc(CCNC(=O)COc2ccc(C(C)C)cc2)n1. The Kier molecular flexibility index (Phi) is 5.52. The van der Waals surface area contributed by atoms with Crippen LogP contribution >= 0.6 is 0 Å². The van der Waals surface area contributed by atoms with E-state index in [2.05, 4.69) is 29.3 Å². The molecule has 6 heteroatoms. The van der Waals surface area contributed by atoms with Gasteiger partial charge in [0.15, 0.2) is 12.4 Å².